The molecule has 0 saturated carbocycles. The Morgan fingerprint density at radius 1 is 0.974 bits per heavy atom. The monoisotopic (exact) mass is 510 g/mol. The number of amides is 4. The van der Waals surface area contributed by atoms with Gasteiger partial charge in [-0.2, -0.15) is 0 Å². The lowest BCUT2D eigenvalue weighted by molar-refractivity contribution is -0.384. The van der Waals surface area contributed by atoms with Gasteiger partial charge in [-0.05, 0) is 29.8 Å². The van der Waals surface area contributed by atoms with Crippen LogP contribution in [0.2, 0.25) is 0 Å². The average Bonchev–Trinajstić information content (AvgIpc) is 3.51. The lowest BCUT2D eigenvalue weighted by Gasteiger charge is -2.26. The first kappa shape index (κ1) is 23.0. The second-order valence-electron chi connectivity index (χ2n) is 8.65. The third-order valence-corrected chi connectivity index (χ3v) is 6.34. The highest BCUT2D eigenvalue weighted by atomic mass is 16.7. The van der Waals surface area contributed by atoms with Crippen LogP contribution in [0.25, 0.3) is 17.0 Å². The number of para-hydroxylation sites is 1. The molecule has 1 saturated heterocycles. The van der Waals surface area contributed by atoms with Gasteiger partial charge in [-0.15, -0.1) is 0 Å². The second-order valence-corrected chi connectivity index (χ2v) is 8.65. The normalized spacial score (nSPS) is 15.8. The number of nitrogens with one attached hydrogen (secondary N) is 1. The molecule has 6 rings (SSSR count). The maximum absolute atomic E-state index is 13.4. The topological polar surface area (TPSA) is 133 Å². The third-order valence-electron chi connectivity index (χ3n) is 6.34. The number of fused-ring (bicyclic) bond motifs is 2. The molecule has 2 aliphatic heterocycles. The summed E-state index contributed by atoms with van der Waals surface area (Å²) >= 11 is 0. The summed E-state index contributed by atoms with van der Waals surface area (Å²) in [5.41, 5.74) is 2.30. The van der Waals surface area contributed by atoms with E-state index in [1.54, 1.807) is 24.4 Å². The molecule has 11 heteroatoms. The van der Waals surface area contributed by atoms with Crippen molar-refractivity contribution in [2.45, 2.75) is 6.54 Å². The van der Waals surface area contributed by atoms with Crippen LogP contribution in [0.15, 0.2) is 78.5 Å². The number of nitro groups is 1. The minimum Gasteiger partial charge on any atom is -0.454 e. The number of rotatable bonds is 5. The van der Waals surface area contributed by atoms with Gasteiger partial charge in [-0.3, -0.25) is 25.0 Å². The second kappa shape index (κ2) is 8.89. The van der Waals surface area contributed by atoms with Crippen LogP contribution in [0, 0.1) is 10.1 Å². The zero-order chi connectivity index (χ0) is 26.4. The Morgan fingerprint density at radius 2 is 1.74 bits per heavy atom. The maximum Gasteiger partial charge on any atom is 0.335 e. The van der Waals surface area contributed by atoms with Crippen molar-refractivity contribution in [1.82, 2.24) is 9.88 Å². The molecule has 3 aromatic carbocycles. The molecule has 4 amide bonds. The van der Waals surface area contributed by atoms with Gasteiger partial charge in [-0.25, -0.2) is 9.69 Å². The fourth-order valence-corrected chi connectivity index (χ4v) is 4.51. The molecule has 0 bridgehead atoms. The number of hydrogen-bond acceptors (Lipinski definition) is 7. The minimum atomic E-state index is -0.864. The number of nitro benzene ring substituents is 1. The Hall–Kier alpha value is -5.45. The lowest BCUT2D eigenvalue weighted by Crippen LogP contribution is -2.54. The van der Waals surface area contributed by atoms with Crippen LogP contribution in [-0.2, 0) is 16.1 Å². The van der Waals surface area contributed by atoms with Crippen LogP contribution >= 0.6 is 0 Å². The number of nitrogens with zero attached hydrogens (tertiary/aromatic N) is 3. The van der Waals surface area contributed by atoms with Gasteiger partial charge < -0.3 is 14.0 Å². The molecule has 2 aliphatic rings. The molecule has 1 aromatic heterocycles. The van der Waals surface area contributed by atoms with Crippen LogP contribution in [0.5, 0.6) is 11.5 Å². The molecule has 188 valence electrons. The standard InChI is InChI=1S/C27H18N4O7/c32-25-21(26(33)30(27(34)28-25)19-9-10-23-24(12-19)38-15-37-23)11-17-14-29(22-4-2-1-3-20(17)22)13-16-5-7-18(8-6-16)31(35)36/h1-12,14H,13,15H2,(H,28,32,34)/b21-11+. The van der Waals surface area contributed by atoms with Gasteiger partial charge in [0.25, 0.3) is 17.5 Å². The number of carbonyl (C=O) groups is 3. The summed E-state index contributed by atoms with van der Waals surface area (Å²) in [4.78, 5) is 50.2. The molecule has 0 unspecified atom stereocenters. The van der Waals surface area contributed by atoms with Crippen molar-refractivity contribution in [3.63, 3.8) is 0 Å². The molecular formula is C27H18N4O7. The van der Waals surface area contributed by atoms with E-state index >= 15 is 0 Å². The zero-order valence-corrected chi connectivity index (χ0v) is 19.6. The minimum absolute atomic E-state index is 0.0000734. The molecule has 11 nitrogen and oxygen atoms in total. The number of barbiturate groups is 1. The van der Waals surface area contributed by atoms with E-state index in [4.69, 9.17) is 9.47 Å². The number of aromatic nitrogens is 1. The SMILES string of the molecule is O=C1NC(=O)N(c2ccc3c(c2)OCO3)C(=O)/C1=C/c1cn(Cc2ccc([N+](=O)[O-])cc2)c2ccccc12. The number of ether oxygens (including phenoxy) is 2. The van der Waals surface area contributed by atoms with Gasteiger partial charge in [-0.1, -0.05) is 30.3 Å². The summed E-state index contributed by atoms with van der Waals surface area (Å²) in [5.74, 6) is -0.694. The fourth-order valence-electron chi connectivity index (χ4n) is 4.51. The van der Waals surface area contributed by atoms with Crippen molar-refractivity contribution in [1.29, 1.82) is 0 Å². The lowest BCUT2D eigenvalue weighted by atomic mass is 10.1. The van der Waals surface area contributed by atoms with Gasteiger partial charge in [0.15, 0.2) is 11.5 Å². The number of hydrogen-bond donors (Lipinski definition) is 1. The quantitative estimate of drug-likeness (QED) is 0.186. The molecule has 4 aromatic rings. The van der Waals surface area contributed by atoms with Gasteiger partial charge in [0, 0.05) is 47.4 Å². The van der Waals surface area contributed by atoms with Gasteiger partial charge in [0.1, 0.15) is 5.57 Å². The summed E-state index contributed by atoms with van der Waals surface area (Å²) in [7, 11) is 0. The number of non-ortho nitro benzene ring substituents is 1. The van der Waals surface area contributed by atoms with Crippen LogP contribution in [-0.4, -0.2) is 34.1 Å². The Bertz CT molecular complexity index is 1690. The largest absolute Gasteiger partial charge is 0.454 e. The molecule has 0 radical (unpaired) electrons. The summed E-state index contributed by atoms with van der Waals surface area (Å²) in [5, 5.41) is 14.0. The van der Waals surface area contributed by atoms with Crippen LogP contribution < -0.4 is 19.7 Å². The fraction of sp³-hybridized carbons (Fsp3) is 0.0741. The molecule has 0 atom stereocenters. The summed E-state index contributed by atoms with van der Waals surface area (Å²) in [6, 6.07) is 17.5. The van der Waals surface area contributed by atoms with Crippen molar-refractivity contribution in [3.05, 3.63) is 99.7 Å². The predicted molar refractivity (Wildman–Crippen MR) is 136 cm³/mol. The Labute approximate surface area is 214 Å². The maximum atomic E-state index is 13.4. The predicted octanol–water partition coefficient (Wildman–Crippen LogP) is 3.99. The van der Waals surface area contributed by atoms with Gasteiger partial charge in [0.2, 0.25) is 6.79 Å². The van der Waals surface area contributed by atoms with Crippen LogP contribution in [0.1, 0.15) is 11.1 Å². The van der Waals surface area contributed by atoms with E-state index < -0.39 is 22.8 Å². The van der Waals surface area contributed by atoms with E-state index in [2.05, 4.69) is 5.32 Å². The number of imide groups is 2. The average molecular weight is 510 g/mol. The highest BCUT2D eigenvalue weighted by Crippen LogP contribution is 2.36. The molecule has 3 heterocycles. The zero-order valence-electron chi connectivity index (χ0n) is 19.6. The van der Waals surface area contributed by atoms with E-state index in [1.807, 2.05) is 28.8 Å². The molecule has 0 aliphatic carbocycles. The van der Waals surface area contributed by atoms with Crippen LogP contribution in [0.3, 0.4) is 0 Å². The summed E-state index contributed by atoms with van der Waals surface area (Å²) < 4.78 is 12.6. The number of carbonyl (C=O) groups excluding carboxylic acids is 3. The first-order valence-electron chi connectivity index (χ1n) is 11.5. The van der Waals surface area contributed by atoms with E-state index in [-0.39, 0.29) is 23.7 Å². The Morgan fingerprint density at radius 3 is 2.53 bits per heavy atom. The van der Waals surface area contributed by atoms with Crippen molar-refractivity contribution in [2.24, 2.45) is 0 Å². The summed E-state index contributed by atoms with van der Waals surface area (Å²) in [6.45, 7) is 0.441. The van der Waals surface area contributed by atoms with Crippen molar-refractivity contribution >= 4 is 46.2 Å². The van der Waals surface area contributed by atoms with Crippen molar-refractivity contribution < 1.29 is 28.8 Å². The van der Waals surface area contributed by atoms with E-state index in [1.165, 1.54) is 30.3 Å². The van der Waals surface area contributed by atoms with Gasteiger partial charge in [0.05, 0.1) is 10.6 Å². The first-order valence-corrected chi connectivity index (χ1v) is 11.5. The first-order chi connectivity index (χ1) is 18.4. The van der Waals surface area contributed by atoms with E-state index in [0.717, 1.165) is 21.4 Å². The number of benzene rings is 3. The van der Waals surface area contributed by atoms with Crippen LogP contribution in [0.4, 0.5) is 16.2 Å². The molecule has 38 heavy (non-hydrogen) atoms. The highest BCUT2D eigenvalue weighted by molar-refractivity contribution is 6.39. The smallest absolute Gasteiger partial charge is 0.335 e. The molecule has 1 N–H and O–H groups in total. The third kappa shape index (κ3) is 3.91. The van der Waals surface area contributed by atoms with Gasteiger partial charge >= 0.3 is 6.03 Å². The highest BCUT2D eigenvalue weighted by Gasteiger charge is 2.37. The Balaban J connectivity index is 1.37. The van der Waals surface area contributed by atoms with Crippen molar-refractivity contribution in [3.8, 4) is 11.5 Å². The molecule has 0 spiro atoms. The molecular weight excluding hydrogens is 492 g/mol. The molecule has 1 fully saturated rings. The Kier molecular flexibility index (Phi) is 5.38. The number of anilines is 1. The summed E-state index contributed by atoms with van der Waals surface area (Å²) in [6.07, 6.45) is 3.25. The van der Waals surface area contributed by atoms with Crippen molar-refractivity contribution in [2.75, 3.05) is 11.7 Å². The number of urea groups is 1. The van der Waals surface area contributed by atoms with E-state index in [9.17, 15) is 24.5 Å². The van der Waals surface area contributed by atoms with E-state index in [0.29, 0.717) is 23.6 Å².